The Kier molecular flexibility index (Phi) is 6.16. The van der Waals surface area contributed by atoms with Crippen LogP contribution in [0.3, 0.4) is 0 Å². The maximum atomic E-state index is 13.9. The number of benzene rings is 2. The minimum Gasteiger partial charge on any atom is -0.330 e. The molecule has 25 heavy (non-hydrogen) atoms. The molecule has 1 saturated heterocycles. The highest BCUT2D eigenvalue weighted by Gasteiger charge is 2.40. The van der Waals surface area contributed by atoms with Crippen LogP contribution in [-0.2, 0) is 10.0 Å². The van der Waals surface area contributed by atoms with Gasteiger partial charge in [-0.25, -0.2) is 17.2 Å². The third kappa shape index (κ3) is 3.84. The van der Waals surface area contributed by atoms with E-state index in [4.69, 9.17) is 5.73 Å². The van der Waals surface area contributed by atoms with E-state index >= 15 is 0 Å². The first-order valence-corrected chi connectivity index (χ1v) is 9.07. The molecule has 0 radical (unpaired) electrons. The number of nitrogens with two attached hydrogens (primary N) is 1. The maximum Gasteiger partial charge on any atom is 0.246 e. The first-order valence-electron chi connectivity index (χ1n) is 7.63. The Morgan fingerprint density at radius 3 is 2.36 bits per heavy atom. The summed E-state index contributed by atoms with van der Waals surface area (Å²) >= 11 is 0. The van der Waals surface area contributed by atoms with E-state index in [1.54, 1.807) is 0 Å². The van der Waals surface area contributed by atoms with Crippen LogP contribution < -0.4 is 5.73 Å². The second kappa shape index (κ2) is 7.78. The van der Waals surface area contributed by atoms with Gasteiger partial charge in [0.05, 0.1) is 0 Å². The fourth-order valence-electron chi connectivity index (χ4n) is 3.17. The van der Waals surface area contributed by atoms with Gasteiger partial charge in [-0.3, -0.25) is 0 Å². The van der Waals surface area contributed by atoms with Gasteiger partial charge in [0.15, 0.2) is 0 Å². The highest BCUT2D eigenvalue weighted by Crippen LogP contribution is 2.35. The molecule has 1 heterocycles. The summed E-state index contributed by atoms with van der Waals surface area (Å²) in [5.74, 6) is -1.99. The van der Waals surface area contributed by atoms with Gasteiger partial charge < -0.3 is 5.73 Å². The summed E-state index contributed by atoms with van der Waals surface area (Å²) in [7, 11) is -4.03. The summed E-state index contributed by atoms with van der Waals surface area (Å²) in [5, 5.41) is 0. The third-order valence-corrected chi connectivity index (χ3v) is 6.31. The monoisotopic (exact) mass is 388 g/mol. The van der Waals surface area contributed by atoms with Crippen molar-refractivity contribution in [3.05, 3.63) is 65.7 Å². The lowest BCUT2D eigenvalue weighted by atomic mass is 9.89. The molecule has 0 aromatic heterocycles. The van der Waals surface area contributed by atoms with Gasteiger partial charge in [-0.1, -0.05) is 30.3 Å². The molecule has 8 heteroatoms. The van der Waals surface area contributed by atoms with Gasteiger partial charge in [0.2, 0.25) is 10.0 Å². The summed E-state index contributed by atoms with van der Waals surface area (Å²) in [4.78, 5) is -0.506. The Bertz CT molecular complexity index is 834. The average Bonchev–Trinajstić information content (AvgIpc) is 3.00. The van der Waals surface area contributed by atoms with Crippen molar-refractivity contribution in [1.82, 2.24) is 4.31 Å². The molecule has 4 nitrogen and oxygen atoms in total. The van der Waals surface area contributed by atoms with Crippen LogP contribution in [0, 0.1) is 17.6 Å². The normalized spacial score (nSPS) is 21.1. The quantitative estimate of drug-likeness (QED) is 0.876. The van der Waals surface area contributed by atoms with Crippen LogP contribution in [0.5, 0.6) is 0 Å². The Morgan fingerprint density at radius 2 is 1.76 bits per heavy atom. The SMILES string of the molecule is Cl.NC[C@@H]1CN(S(=O)(=O)c2ccc(F)cc2F)C[C@H]1c1ccccc1. The molecule has 136 valence electrons. The number of hydrogen-bond donors (Lipinski definition) is 1. The van der Waals surface area contributed by atoms with E-state index < -0.39 is 26.6 Å². The van der Waals surface area contributed by atoms with Crippen LogP contribution in [0.25, 0.3) is 0 Å². The van der Waals surface area contributed by atoms with Gasteiger partial charge >= 0.3 is 0 Å². The van der Waals surface area contributed by atoms with Crippen molar-refractivity contribution in [2.75, 3.05) is 19.6 Å². The lowest BCUT2D eigenvalue weighted by molar-refractivity contribution is 0.452. The molecule has 0 unspecified atom stereocenters. The summed E-state index contributed by atoms with van der Waals surface area (Å²) in [6.45, 7) is 0.776. The lowest BCUT2D eigenvalue weighted by Crippen LogP contribution is -2.30. The zero-order chi connectivity index (χ0) is 17.3. The average molecular weight is 389 g/mol. The predicted molar refractivity (Wildman–Crippen MR) is 94.1 cm³/mol. The van der Waals surface area contributed by atoms with E-state index in [1.807, 2.05) is 30.3 Å². The van der Waals surface area contributed by atoms with Crippen molar-refractivity contribution in [3.8, 4) is 0 Å². The van der Waals surface area contributed by atoms with Gasteiger partial charge in [-0.05, 0) is 30.2 Å². The molecule has 3 rings (SSSR count). The topological polar surface area (TPSA) is 63.4 Å². The van der Waals surface area contributed by atoms with Crippen LogP contribution >= 0.6 is 12.4 Å². The van der Waals surface area contributed by atoms with E-state index in [9.17, 15) is 17.2 Å². The van der Waals surface area contributed by atoms with Crippen molar-refractivity contribution >= 4 is 22.4 Å². The van der Waals surface area contributed by atoms with E-state index in [0.717, 1.165) is 17.7 Å². The largest absolute Gasteiger partial charge is 0.330 e. The maximum absolute atomic E-state index is 13.9. The van der Waals surface area contributed by atoms with Crippen LogP contribution in [0.2, 0.25) is 0 Å². The predicted octanol–water partition coefficient (Wildman–Crippen LogP) is 2.75. The zero-order valence-corrected chi connectivity index (χ0v) is 14.9. The van der Waals surface area contributed by atoms with Crippen LogP contribution in [0.4, 0.5) is 8.78 Å². The zero-order valence-electron chi connectivity index (χ0n) is 13.3. The number of rotatable bonds is 4. The molecule has 0 spiro atoms. The van der Waals surface area contributed by atoms with E-state index in [-0.39, 0.29) is 37.3 Å². The highest BCUT2D eigenvalue weighted by molar-refractivity contribution is 7.89. The molecule has 0 saturated carbocycles. The third-order valence-electron chi connectivity index (χ3n) is 4.45. The van der Waals surface area contributed by atoms with Crippen LogP contribution in [-0.4, -0.2) is 32.4 Å². The van der Waals surface area contributed by atoms with Crippen molar-refractivity contribution in [2.45, 2.75) is 10.8 Å². The molecule has 0 amide bonds. The molecule has 2 N–H and O–H groups in total. The van der Waals surface area contributed by atoms with Gasteiger partial charge in [-0.2, -0.15) is 4.31 Å². The van der Waals surface area contributed by atoms with Crippen molar-refractivity contribution in [2.24, 2.45) is 11.7 Å². The first kappa shape index (κ1) is 19.8. The van der Waals surface area contributed by atoms with Crippen molar-refractivity contribution < 1.29 is 17.2 Å². The molecule has 1 aliphatic heterocycles. The Balaban J connectivity index is 0.00000225. The van der Waals surface area contributed by atoms with Gasteiger partial charge in [0.25, 0.3) is 0 Å². The first-order chi connectivity index (χ1) is 11.4. The fourth-order valence-corrected chi connectivity index (χ4v) is 4.74. The van der Waals surface area contributed by atoms with Crippen molar-refractivity contribution in [1.29, 1.82) is 0 Å². The molecule has 1 aliphatic rings. The second-order valence-electron chi connectivity index (χ2n) is 5.91. The number of halogens is 3. The summed E-state index contributed by atoms with van der Waals surface area (Å²) in [5.41, 5.74) is 6.82. The van der Waals surface area contributed by atoms with Gasteiger partial charge in [0, 0.05) is 25.1 Å². The van der Waals surface area contributed by atoms with E-state index in [1.165, 1.54) is 4.31 Å². The van der Waals surface area contributed by atoms with Crippen molar-refractivity contribution in [3.63, 3.8) is 0 Å². The fraction of sp³-hybridized carbons (Fsp3) is 0.294. The molecule has 0 aliphatic carbocycles. The van der Waals surface area contributed by atoms with Gasteiger partial charge in [0.1, 0.15) is 16.5 Å². The smallest absolute Gasteiger partial charge is 0.246 e. The molecule has 1 fully saturated rings. The number of nitrogens with zero attached hydrogens (tertiary/aromatic N) is 1. The Labute approximate surface area is 152 Å². The molecule has 2 aromatic carbocycles. The molecular formula is C17H19ClF2N2O2S. The van der Waals surface area contributed by atoms with Crippen LogP contribution in [0.1, 0.15) is 11.5 Å². The molecule has 0 bridgehead atoms. The Morgan fingerprint density at radius 1 is 1.08 bits per heavy atom. The van der Waals surface area contributed by atoms with E-state index in [2.05, 4.69) is 0 Å². The summed E-state index contributed by atoms with van der Waals surface area (Å²) in [6.07, 6.45) is 0. The lowest BCUT2D eigenvalue weighted by Gasteiger charge is -2.17. The molecule has 2 atom stereocenters. The minimum atomic E-state index is -4.03. The molecule has 2 aromatic rings. The van der Waals surface area contributed by atoms with Crippen LogP contribution in [0.15, 0.2) is 53.4 Å². The Hall–Kier alpha value is -1.54. The standard InChI is InChI=1S/C17H18F2N2O2S.ClH/c18-14-6-7-17(16(19)8-14)24(22,23)21-10-13(9-20)15(11-21)12-4-2-1-3-5-12;/h1-8,13,15H,9-11,20H2;1H/t13-,15+;/m1./s1. The van der Waals surface area contributed by atoms with Gasteiger partial charge in [-0.15, -0.1) is 12.4 Å². The highest BCUT2D eigenvalue weighted by atomic mass is 35.5. The summed E-state index contributed by atoms with van der Waals surface area (Å²) in [6, 6.07) is 12.0. The number of hydrogen-bond acceptors (Lipinski definition) is 3. The second-order valence-corrected chi connectivity index (χ2v) is 7.82. The number of sulfonamides is 1. The minimum absolute atomic E-state index is 0. The summed E-state index contributed by atoms with van der Waals surface area (Å²) < 4.78 is 53.7. The van der Waals surface area contributed by atoms with E-state index in [0.29, 0.717) is 12.6 Å². The molecular weight excluding hydrogens is 370 g/mol.